The fraction of sp³-hybridized carbons (Fsp3) is 0.333. The van der Waals surface area contributed by atoms with Crippen molar-refractivity contribution < 1.29 is 5.11 Å². The average Bonchev–Trinajstić information content (AvgIpc) is 2.39. The van der Waals surface area contributed by atoms with Gasteiger partial charge in [-0.1, -0.05) is 38.1 Å². The number of benzene rings is 1. The Morgan fingerprint density at radius 2 is 1.83 bits per heavy atom. The predicted molar refractivity (Wildman–Crippen MR) is 71.1 cm³/mol. The van der Waals surface area contributed by atoms with Crippen LogP contribution in [0.15, 0.2) is 42.9 Å². The first kappa shape index (κ1) is 12.7. The van der Waals surface area contributed by atoms with Gasteiger partial charge in [-0.25, -0.2) is 0 Å². The molecular weight excluding hydrogens is 224 g/mol. The number of rotatable bonds is 4. The number of nitrogens with zero attached hydrogens (tertiary/aromatic N) is 2. The van der Waals surface area contributed by atoms with Gasteiger partial charge in [-0.15, -0.1) is 0 Å². The quantitative estimate of drug-likeness (QED) is 0.896. The van der Waals surface area contributed by atoms with Gasteiger partial charge in [-0.3, -0.25) is 9.97 Å². The van der Waals surface area contributed by atoms with Crippen molar-refractivity contribution in [3.05, 3.63) is 59.7 Å². The summed E-state index contributed by atoms with van der Waals surface area (Å²) in [6, 6.07) is 8.04. The van der Waals surface area contributed by atoms with E-state index in [0.29, 0.717) is 11.6 Å². The van der Waals surface area contributed by atoms with E-state index in [0.717, 1.165) is 12.0 Å². The summed E-state index contributed by atoms with van der Waals surface area (Å²) in [4.78, 5) is 8.08. The van der Waals surface area contributed by atoms with Gasteiger partial charge < -0.3 is 5.11 Å². The summed E-state index contributed by atoms with van der Waals surface area (Å²) in [6.45, 7) is 4.39. The molecule has 0 saturated carbocycles. The second kappa shape index (κ2) is 5.74. The third kappa shape index (κ3) is 3.14. The monoisotopic (exact) mass is 242 g/mol. The molecular formula is C15H18N2O. The SMILES string of the molecule is CC(C)Cc1ccc(C(O)c2cnccn2)cc1. The molecule has 0 spiro atoms. The van der Waals surface area contributed by atoms with Gasteiger partial charge in [0.2, 0.25) is 0 Å². The van der Waals surface area contributed by atoms with Crippen LogP contribution < -0.4 is 0 Å². The lowest BCUT2D eigenvalue weighted by molar-refractivity contribution is 0.215. The Morgan fingerprint density at radius 3 is 2.39 bits per heavy atom. The number of hydrogen-bond acceptors (Lipinski definition) is 3. The highest BCUT2D eigenvalue weighted by Crippen LogP contribution is 2.20. The Bertz CT molecular complexity index is 480. The lowest BCUT2D eigenvalue weighted by atomic mass is 9.99. The summed E-state index contributed by atoms with van der Waals surface area (Å²) in [7, 11) is 0. The zero-order valence-corrected chi connectivity index (χ0v) is 10.7. The van der Waals surface area contributed by atoms with Crippen LogP contribution in [0.5, 0.6) is 0 Å². The smallest absolute Gasteiger partial charge is 0.123 e. The van der Waals surface area contributed by atoms with E-state index in [4.69, 9.17) is 0 Å². The third-order valence-electron chi connectivity index (χ3n) is 2.80. The fourth-order valence-corrected chi connectivity index (χ4v) is 1.93. The lowest BCUT2D eigenvalue weighted by Gasteiger charge is -2.11. The van der Waals surface area contributed by atoms with Gasteiger partial charge in [-0.2, -0.15) is 0 Å². The van der Waals surface area contributed by atoms with E-state index in [1.54, 1.807) is 18.6 Å². The van der Waals surface area contributed by atoms with Crippen LogP contribution in [0.3, 0.4) is 0 Å². The molecule has 94 valence electrons. The molecule has 1 aromatic heterocycles. The number of aliphatic hydroxyl groups excluding tert-OH is 1. The zero-order chi connectivity index (χ0) is 13.0. The van der Waals surface area contributed by atoms with Crippen molar-refractivity contribution >= 4 is 0 Å². The summed E-state index contributed by atoms with van der Waals surface area (Å²) in [5.41, 5.74) is 2.72. The Hall–Kier alpha value is -1.74. The minimum atomic E-state index is -0.702. The molecule has 2 aromatic rings. The standard InChI is InChI=1S/C15H18N2O/c1-11(2)9-12-3-5-13(6-4-12)15(18)14-10-16-7-8-17-14/h3-8,10-11,15,18H,9H2,1-2H3. The van der Waals surface area contributed by atoms with Crippen LogP contribution >= 0.6 is 0 Å². The molecule has 1 unspecified atom stereocenters. The first-order valence-electron chi connectivity index (χ1n) is 6.19. The molecule has 18 heavy (non-hydrogen) atoms. The summed E-state index contributed by atoms with van der Waals surface area (Å²) < 4.78 is 0. The van der Waals surface area contributed by atoms with E-state index in [1.807, 2.05) is 12.1 Å². The van der Waals surface area contributed by atoms with Crippen molar-refractivity contribution in [1.29, 1.82) is 0 Å². The summed E-state index contributed by atoms with van der Waals surface area (Å²) in [5.74, 6) is 0.640. The molecule has 0 aliphatic carbocycles. The van der Waals surface area contributed by atoms with Crippen molar-refractivity contribution in [2.45, 2.75) is 26.4 Å². The summed E-state index contributed by atoms with van der Waals surface area (Å²) in [6.07, 6.45) is 5.13. The van der Waals surface area contributed by atoms with Crippen LogP contribution in [0.1, 0.15) is 36.8 Å². The van der Waals surface area contributed by atoms with Crippen LogP contribution in [0.2, 0.25) is 0 Å². The second-order valence-corrected chi connectivity index (χ2v) is 4.87. The lowest BCUT2D eigenvalue weighted by Crippen LogP contribution is -2.03. The van der Waals surface area contributed by atoms with Crippen LogP contribution in [0.4, 0.5) is 0 Å². The number of hydrogen-bond donors (Lipinski definition) is 1. The molecule has 0 amide bonds. The topological polar surface area (TPSA) is 46.0 Å². The van der Waals surface area contributed by atoms with E-state index >= 15 is 0 Å². The Morgan fingerprint density at radius 1 is 1.11 bits per heavy atom. The third-order valence-corrected chi connectivity index (χ3v) is 2.80. The van der Waals surface area contributed by atoms with Crippen molar-refractivity contribution in [3.8, 4) is 0 Å². The summed E-state index contributed by atoms with van der Waals surface area (Å²) >= 11 is 0. The zero-order valence-electron chi connectivity index (χ0n) is 10.7. The van der Waals surface area contributed by atoms with Gasteiger partial charge in [-0.05, 0) is 23.5 Å². The maximum atomic E-state index is 10.2. The van der Waals surface area contributed by atoms with Crippen LogP contribution in [-0.2, 0) is 6.42 Å². The van der Waals surface area contributed by atoms with Crippen molar-refractivity contribution in [1.82, 2.24) is 9.97 Å². The maximum Gasteiger partial charge on any atom is 0.123 e. The normalized spacial score (nSPS) is 12.7. The largest absolute Gasteiger partial charge is 0.382 e. The number of aliphatic hydroxyl groups is 1. The van der Waals surface area contributed by atoms with Gasteiger partial charge in [0.05, 0.1) is 11.9 Å². The molecule has 2 rings (SSSR count). The van der Waals surface area contributed by atoms with Gasteiger partial charge >= 0.3 is 0 Å². The van der Waals surface area contributed by atoms with E-state index in [1.165, 1.54) is 5.56 Å². The van der Waals surface area contributed by atoms with E-state index < -0.39 is 6.10 Å². The molecule has 3 heteroatoms. The fourth-order valence-electron chi connectivity index (χ4n) is 1.93. The molecule has 0 fully saturated rings. The van der Waals surface area contributed by atoms with Gasteiger partial charge in [0.1, 0.15) is 6.10 Å². The van der Waals surface area contributed by atoms with E-state index in [2.05, 4.69) is 35.9 Å². The minimum absolute atomic E-state index is 0.578. The minimum Gasteiger partial charge on any atom is -0.382 e. The first-order valence-corrected chi connectivity index (χ1v) is 6.19. The molecule has 1 aromatic carbocycles. The molecule has 0 aliphatic rings. The summed E-state index contributed by atoms with van der Waals surface area (Å²) in [5, 5.41) is 10.2. The second-order valence-electron chi connectivity index (χ2n) is 4.87. The highest BCUT2D eigenvalue weighted by Gasteiger charge is 2.11. The van der Waals surface area contributed by atoms with E-state index in [9.17, 15) is 5.11 Å². The van der Waals surface area contributed by atoms with Crippen molar-refractivity contribution in [2.75, 3.05) is 0 Å². The Kier molecular flexibility index (Phi) is 4.05. The molecule has 1 heterocycles. The predicted octanol–water partition coefficient (Wildman–Crippen LogP) is 2.76. The molecule has 0 aliphatic heterocycles. The van der Waals surface area contributed by atoms with Gasteiger partial charge in [0, 0.05) is 12.4 Å². The highest BCUT2D eigenvalue weighted by atomic mass is 16.3. The average molecular weight is 242 g/mol. The maximum absolute atomic E-state index is 10.2. The number of aromatic nitrogens is 2. The molecule has 3 nitrogen and oxygen atoms in total. The molecule has 0 bridgehead atoms. The first-order chi connectivity index (χ1) is 8.66. The van der Waals surface area contributed by atoms with Crippen LogP contribution in [0.25, 0.3) is 0 Å². The van der Waals surface area contributed by atoms with Crippen LogP contribution in [-0.4, -0.2) is 15.1 Å². The van der Waals surface area contributed by atoms with Crippen LogP contribution in [0, 0.1) is 5.92 Å². The highest BCUT2D eigenvalue weighted by molar-refractivity contribution is 5.28. The molecule has 0 saturated heterocycles. The molecule has 1 N–H and O–H groups in total. The van der Waals surface area contributed by atoms with Gasteiger partial charge in [0.15, 0.2) is 0 Å². The Labute approximate surface area is 108 Å². The van der Waals surface area contributed by atoms with Crippen molar-refractivity contribution in [2.24, 2.45) is 5.92 Å². The molecule has 1 atom stereocenters. The molecule has 0 radical (unpaired) electrons. The van der Waals surface area contributed by atoms with Gasteiger partial charge in [0.25, 0.3) is 0 Å². The van der Waals surface area contributed by atoms with Crippen molar-refractivity contribution in [3.63, 3.8) is 0 Å². The van der Waals surface area contributed by atoms with E-state index in [-0.39, 0.29) is 0 Å². The Balaban J connectivity index is 2.14.